The lowest BCUT2D eigenvalue weighted by atomic mass is 10.1. The molecule has 0 bridgehead atoms. The molecule has 64 valence electrons. The Bertz CT molecular complexity index is 294. The predicted molar refractivity (Wildman–Crippen MR) is 44.1 cm³/mol. The van der Waals surface area contributed by atoms with E-state index in [1.165, 1.54) is 0 Å². The first-order chi connectivity index (χ1) is 5.74. The molecule has 0 unspecified atom stereocenters. The van der Waals surface area contributed by atoms with Gasteiger partial charge in [-0.05, 0) is 30.5 Å². The molecule has 1 aliphatic rings. The van der Waals surface area contributed by atoms with Crippen LogP contribution in [0.1, 0.15) is 24.1 Å². The topological polar surface area (TPSA) is 38.9 Å². The van der Waals surface area contributed by atoms with Crippen molar-refractivity contribution in [2.75, 3.05) is 0 Å². The average Bonchev–Trinajstić information content (AvgIpc) is 2.85. The number of halogens is 1. The zero-order chi connectivity index (χ0) is 8.60. The summed E-state index contributed by atoms with van der Waals surface area (Å²) in [5.41, 5.74) is 7.26. The molecule has 0 spiro atoms. The normalized spacial score (nSPS) is 19.2. The lowest BCUT2D eigenvalue weighted by Gasteiger charge is -2.08. The van der Waals surface area contributed by atoms with Crippen LogP contribution in [0, 0.1) is 0 Å². The minimum absolute atomic E-state index is 0.174. The van der Waals surface area contributed by atoms with Crippen LogP contribution in [-0.2, 0) is 12.2 Å². The van der Waals surface area contributed by atoms with Gasteiger partial charge in [-0.1, -0.05) is 0 Å². The van der Waals surface area contributed by atoms with Crippen molar-refractivity contribution < 1.29 is 4.39 Å². The van der Waals surface area contributed by atoms with Crippen molar-refractivity contribution in [3.8, 4) is 0 Å². The van der Waals surface area contributed by atoms with Gasteiger partial charge in [0.05, 0.1) is 5.69 Å². The van der Waals surface area contributed by atoms with Crippen LogP contribution >= 0.6 is 0 Å². The van der Waals surface area contributed by atoms with E-state index in [1.54, 1.807) is 12.3 Å². The van der Waals surface area contributed by atoms with E-state index in [2.05, 4.69) is 4.98 Å². The molecule has 0 saturated heterocycles. The molecule has 1 aromatic rings. The van der Waals surface area contributed by atoms with E-state index < -0.39 is 6.67 Å². The first kappa shape index (κ1) is 7.68. The van der Waals surface area contributed by atoms with Gasteiger partial charge < -0.3 is 5.73 Å². The number of hydrogen-bond donors (Lipinski definition) is 1. The molecule has 1 aliphatic carbocycles. The molecule has 1 heterocycles. The Morgan fingerprint density at radius 3 is 2.92 bits per heavy atom. The molecule has 1 fully saturated rings. The van der Waals surface area contributed by atoms with Crippen LogP contribution < -0.4 is 5.73 Å². The molecule has 2 rings (SSSR count). The fourth-order valence-corrected chi connectivity index (χ4v) is 1.28. The van der Waals surface area contributed by atoms with Gasteiger partial charge in [-0.15, -0.1) is 0 Å². The quantitative estimate of drug-likeness (QED) is 0.723. The maximum Gasteiger partial charge on any atom is 0.131 e. The number of nitrogens with two attached hydrogens (primary N) is 1. The fraction of sp³-hybridized carbons (Fsp3) is 0.444. The fourth-order valence-electron chi connectivity index (χ4n) is 1.28. The van der Waals surface area contributed by atoms with E-state index in [0.29, 0.717) is 5.69 Å². The van der Waals surface area contributed by atoms with E-state index >= 15 is 0 Å². The van der Waals surface area contributed by atoms with Crippen molar-refractivity contribution in [1.82, 2.24) is 4.98 Å². The summed E-state index contributed by atoms with van der Waals surface area (Å²) in [4.78, 5) is 3.87. The summed E-state index contributed by atoms with van der Waals surface area (Å²) < 4.78 is 12.2. The number of nitrogens with zero attached hydrogens (tertiary/aromatic N) is 1. The summed E-state index contributed by atoms with van der Waals surface area (Å²) >= 11 is 0. The van der Waals surface area contributed by atoms with Crippen molar-refractivity contribution in [1.29, 1.82) is 0 Å². The summed E-state index contributed by atoms with van der Waals surface area (Å²) in [6.45, 7) is -0.510. The Kier molecular flexibility index (Phi) is 1.61. The molecule has 0 radical (unpaired) electrons. The van der Waals surface area contributed by atoms with Crippen LogP contribution in [0.2, 0.25) is 0 Å². The molecular formula is C9H11FN2. The van der Waals surface area contributed by atoms with Crippen LogP contribution in [0.3, 0.4) is 0 Å². The standard InChI is InChI=1S/C9H11FN2/c10-6-8-5-7(1-4-12-8)9(11)2-3-9/h1,4-5H,2-3,6,11H2. The van der Waals surface area contributed by atoms with Gasteiger partial charge in [-0.2, -0.15) is 0 Å². The Hall–Kier alpha value is -0.960. The molecule has 0 aromatic carbocycles. The van der Waals surface area contributed by atoms with Crippen LogP contribution in [0.5, 0.6) is 0 Å². The van der Waals surface area contributed by atoms with Gasteiger partial charge in [0.15, 0.2) is 0 Å². The number of aromatic nitrogens is 1. The van der Waals surface area contributed by atoms with Gasteiger partial charge in [0, 0.05) is 11.7 Å². The summed E-state index contributed by atoms with van der Waals surface area (Å²) in [5, 5.41) is 0. The summed E-state index contributed by atoms with van der Waals surface area (Å²) in [6, 6.07) is 3.62. The Labute approximate surface area is 70.6 Å². The van der Waals surface area contributed by atoms with Crippen molar-refractivity contribution >= 4 is 0 Å². The van der Waals surface area contributed by atoms with Crippen LogP contribution in [0.15, 0.2) is 18.3 Å². The zero-order valence-corrected chi connectivity index (χ0v) is 6.76. The van der Waals surface area contributed by atoms with Gasteiger partial charge in [0.25, 0.3) is 0 Å². The van der Waals surface area contributed by atoms with Gasteiger partial charge in [-0.25, -0.2) is 4.39 Å². The minimum atomic E-state index is -0.510. The first-order valence-electron chi connectivity index (χ1n) is 4.05. The van der Waals surface area contributed by atoms with Crippen LogP contribution in [-0.4, -0.2) is 4.98 Å². The Morgan fingerprint density at radius 1 is 1.58 bits per heavy atom. The molecule has 0 amide bonds. The lowest BCUT2D eigenvalue weighted by molar-refractivity contribution is 0.475. The third-order valence-electron chi connectivity index (χ3n) is 2.32. The van der Waals surface area contributed by atoms with Crippen LogP contribution in [0.25, 0.3) is 0 Å². The van der Waals surface area contributed by atoms with Crippen molar-refractivity contribution in [2.24, 2.45) is 5.73 Å². The third kappa shape index (κ3) is 1.20. The highest BCUT2D eigenvalue weighted by Gasteiger charge is 2.39. The maximum atomic E-state index is 12.2. The highest BCUT2D eigenvalue weighted by molar-refractivity contribution is 5.29. The molecular weight excluding hydrogens is 155 g/mol. The largest absolute Gasteiger partial charge is 0.321 e. The second-order valence-electron chi connectivity index (χ2n) is 3.33. The van der Waals surface area contributed by atoms with E-state index in [-0.39, 0.29) is 5.54 Å². The highest BCUT2D eigenvalue weighted by Crippen LogP contribution is 2.42. The Morgan fingerprint density at radius 2 is 2.33 bits per heavy atom. The average molecular weight is 166 g/mol. The molecule has 2 nitrogen and oxygen atoms in total. The zero-order valence-electron chi connectivity index (χ0n) is 6.76. The van der Waals surface area contributed by atoms with Crippen LogP contribution in [0.4, 0.5) is 4.39 Å². The molecule has 3 heteroatoms. The maximum absolute atomic E-state index is 12.2. The number of hydrogen-bond acceptors (Lipinski definition) is 2. The monoisotopic (exact) mass is 166 g/mol. The highest BCUT2D eigenvalue weighted by atomic mass is 19.1. The molecule has 0 aliphatic heterocycles. The summed E-state index contributed by atoms with van der Waals surface area (Å²) in [7, 11) is 0. The first-order valence-corrected chi connectivity index (χ1v) is 4.05. The summed E-state index contributed by atoms with van der Waals surface area (Å²) in [6.07, 6.45) is 3.63. The number of alkyl halides is 1. The van der Waals surface area contributed by atoms with Crippen molar-refractivity contribution in [3.05, 3.63) is 29.6 Å². The smallest absolute Gasteiger partial charge is 0.131 e. The van der Waals surface area contributed by atoms with Gasteiger partial charge in [-0.3, -0.25) is 4.98 Å². The van der Waals surface area contributed by atoms with E-state index in [9.17, 15) is 4.39 Å². The van der Waals surface area contributed by atoms with E-state index in [4.69, 9.17) is 5.73 Å². The predicted octanol–water partition coefficient (Wildman–Crippen LogP) is 1.50. The van der Waals surface area contributed by atoms with E-state index in [1.807, 2.05) is 6.07 Å². The van der Waals surface area contributed by atoms with Gasteiger partial charge >= 0.3 is 0 Å². The van der Waals surface area contributed by atoms with Crippen molar-refractivity contribution in [3.63, 3.8) is 0 Å². The van der Waals surface area contributed by atoms with E-state index in [0.717, 1.165) is 18.4 Å². The Balaban J connectivity index is 2.32. The second kappa shape index (κ2) is 2.52. The van der Waals surface area contributed by atoms with Gasteiger partial charge in [0.1, 0.15) is 6.67 Å². The van der Waals surface area contributed by atoms with Crippen molar-refractivity contribution in [2.45, 2.75) is 25.1 Å². The number of rotatable bonds is 2. The minimum Gasteiger partial charge on any atom is -0.321 e. The molecule has 2 N–H and O–H groups in total. The van der Waals surface area contributed by atoms with Gasteiger partial charge in [0.2, 0.25) is 0 Å². The molecule has 1 aromatic heterocycles. The third-order valence-corrected chi connectivity index (χ3v) is 2.32. The molecule has 12 heavy (non-hydrogen) atoms. The lowest BCUT2D eigenvalue weighted by Crippen LogP contribution is -2.18. The second-order valence-corrected chi connectivity index (χ2v) is 3.33. The SMILES string of the molecule is NC1(c2ccnc(CF)c2)CC1. The summed E-state index contributed by atoms with van der Waals surface area (Å²) in [5.74, 6) is 0. The molecule has 0 atom stereocenters. The molecule has 1 saturated carbocycles. The number of pyridine rings is 1.